The molecule has 1 rings (SSSR count). The lowest BCUT2D eigenvalue weighted by atomic mass is 10.1. The first-order valence-electron chi connectivity index (χ1n) is 4.84. The maximum atomic E-state index is 12.1. The molecule has 0 fully saturated rings. The molecule has 0 saturated carbocycles. The molecule has 0 heterocycles. The van der Waals surface area contributed by atoms with Gasteiger partial charge in [0.15, 0.2) is 0 Å². The highest BCUT2D eigenvalue weighted by Gasteiger charge is 2.32. The molecular formula is C11H10F3NO2. The molecule has 1 aromatic rings. The standard InChI is InChI=1S/C11H10F3NO2/c1-2-16-9-3-4-10(17-11(12,13)14)8(7-9)5-6-15/h3-4,7H,2,5H2,1H3. The van der Waals surface area contributed by atoms with Gasteiger partial charge >= 0.3 is 6.36 Å². The van der Waals surface area contributed by atoms with E-state index in [1.807, 2.05) is 0 Å². The number of nitrogens with zero attached hydrogens (tertiary/aromatic N) is 1. The maximum absolute atomic E-state index is 12.1. The quantitative estimate of drug-likeness (QED) is 0.818. The molecule has 0 aromatic heterocycles. The molecule has 0 aliphatic heterocycles. The van der Waals surface area contributed by atoms with Gasteiger partial charge in [0.05, 0.1) is 19.1 Å². The lowest BCUT2D eigenvalue weighted by molar-refractivity contribution is -0.274. The fourth-order valence-electron chi connectivity index (χ4n) is 1.26. The third kappa shape index (κ3) is 4.23. The van der Waals surface area contributed by atoms with E-state index in [-0.39, 0.29) is 17.7 Å². The fraction of sp³-hybridized carbons (Fsp3) is 0.364. The number of alkyl halides is 3. The topological polar surface area (TPSA) is 42.2 Å². The Morgan fingerprint density at radius 3 is 2.59 bits per heavy atom. The minimum Gasteiger partial charge on any atom is -0.494 e. The van der Waals surface area contributed by atoms with Gasteiger partial charge in [0.1, 0.15) is 11.5 Å². The Bertz CT molecular complexity index is 424. The number of ether oxygens (including phenoxy) is 2. The molecule has 0 bridgehead atoms. The van der Waals surface area contributed by atoms with E-state index in [1.54, 1.807) is 13.0 Å². The van der Waals surface area contributed by atoms with Crippen LogP contribution >= 0.6 is 0 Å². The van der Waals surface area contributed by atoms with Crippen molar-refractivity contribution in [3.8, 4) is 17.6 Å². The lowest BCUT2D eigenvalue weighted by Crippen LogP contribution is -2.18. The van der Waals surface area contributed by atoms with Crippen molar-refractivity contribution in [2.45, 2.75) is 19.7 Å². The van der Waals surface area contributed by atoms with Gasteiger partial charge in [-0.3, -0.25) is 0 Å². The van der Waals surface area contributed by atoms with Crippen LogP contribution in [0.15, 0.2) is 18.2 Å². The summed E-state index contributed by atoms with van der Waals surface area (Å²) in [5.74, 6) is 0.0368. The molecule has 0 saturated heterocycles. The third-order valence-corrected chi connectivity index (χ3v) is 1.84. The second kappa shape index (κ2) is 5.43. The van der Waals surface area contributed by atoms with E-state index >= 15 is 0 Å². The number of rotatable bonds is 4. The summed E-state index contributed by atoms with van der Waals surface area (Å²) < 4.78 is 45.2. The van der Waals surface area contributed by atoms with Crippen molar-refractivity contribution in [1.29, 1.82) is 5.26 Å². The minimum absolute atomic E-state index is 0.149. The van der Waals surface area contributed by atoms with Crippen molar-refractivity contribution in [2.24, 2.45) is 0 Å². The summed E-state index contributed by atoms with van der Waals surface area (Å²) in [7, 11) is 0. The van der Waals surface area contributed by atoms with Crippen molar-refractivity contribution in [2.75, 3.05) is 6.61 Å². The smallest absolute Gasteiger partial charge is 0.494 e. The van der Waals surface area contributed by atoms with E-state index in [1.165, 1.54) is 12.1 Å². The van der Waals surface area contributed by atoms with Gasteiger partial charge in [0.25, 0.3) is 0 Å². The third-order valence-electron chi connectivity index (χ3n) is 1.84. The Kier molecular flexibility index (Phi) is 4.21. The summed E-state index contributed by atoms with van der Waals surface area (Å²) in [5.41, 5.74) is 0.149. The number of benzene rings is 1. The van der Waals surface area contributed by atoms with Gasteiger partial charge in [-0.15, -0.1) is 13.2 Å². The highest BCUT2D eigenvalue weighted by Crippen LogP contribution is 2.29. The number of hydrogen-bond donors (Lipinski definition) is 0. The predicted molar refractivity (Wildman–Crippen MR) is 53.6 cm³/mol. The van der Waals surface area contributed by atoms with Crippen LogP contribution < -0.4 is 9.47 Å². The molecule has 0 aliphatic carbocycles. The summed E-state index contributed by atoms with van der Waals surface area (Å²) in [6.45, 7) is 2.15. The normalized spacial score (nSPS) is 10.8. The van der Waals surface area contributed by atoms with Crippen LogP contribution in [0, 0.1) is 11.3 Å². The Morgan fingerprint density at radius 1 is 1.35 bits per heavy atom. The van der Waals surface area contributed by atoms with Gasteiger partial charge in [-0.25, -0.2) is 0 Å². The van der Waals surface area contributed by atoms with Crippen LogP contribution in [0.25, 0.3) is 0 Å². The molecule has 0 aliphatic rings. The minimum atomic E-state index is -4.77. The molecule has 0 amide bonds. The zero-order valence-corrected chi connectivity index (χ0v) is 9.04. The lowest BCUT2D eigenvalue weighted by Gasteiger charge is -2.13. The SMILES string of the molecule is CCOc1ccc(OC(F)(F)F)c(CC#N)c1. The van der Waals surface area contributed by atoms with Crippen molar-refractivity contribution in [3.63, 3.8) is 0 Å². The Balaban J connectivity index is 3.00. The van der Waals surface area contributed by atoms with Crippen molar-refractivity contribution < 1.29 is 22.6 Å². The average molecular weight is 245 g/mol. The van der Waals surface area contributed by atoms with Gasteiger partial charge in [-0.1, -0.05) is 0 Å². The van der Waals surface area contributed by atoms with E-state index in [2.05, 4.69) is 4.74 Å². The van der Waals surface area contributed by atoms with Gasteiger partial charge in [-0.05, 0) is 25.1 Å². The number of nitriles is 1. The Morgan fingerprint density at radius 2 is 2.06 bits per heavy atom. The second-order valence-corrected chi connectivity index (χ2v) is 3.09. The Labute approximate surface area is 96.4 Å². The van der Waals surface area contributed by atoms with Crippen LogP contribution in [-0.4, -0.2) is 13.0 Å². The predicted octanol–water partition coefficient (Wildman–Crippen LogP) is 3.05. The summed E-state index contributed by atoms with van der Waals surface area (Å²) in [6, 6.07) is 5.66. The van der Waals surface area contributed by atoms with E-state index in [0.29, 0.717) is 12.4 Å². The van der Waals surface area contributed by atoms with Crippen molar-refractivity contribution in [3.05, 3.63) is 23.8 Å². The van der Waals surface area contributed by atoms with Gasteiger partial charge in [0, 0.05) is 5.56 Å². The molecule has 1 aromatic carbocycles. The van der Waals surface area contributed by atoms with Crippen molar-refractivity contribution >= 4 is 0 Å². The molecule has 6 heteroatoms. The summed E-state index contributed by atoms with van der Waals surface area (Å²) in [4.78, 5) is 0. The van der Waals surface area contributed by atoms with E-state index in [9.17, 15) is 13.2 Å². The molecule has 0 radical (unpaired) electrons. The average Bonchev–Trinajstić information content (AvgIpc) is 2.21. The molecule has 0 atom stereocenters. The van der Waals surface area contributed by atoms with Gasteiger partial charge in [-0.2, -0.15) is 5.26 Å². The molecular weight excluding hydrogens is 235 g/mol. The fourth-order valence-corrected chi connectivity index (χ4v) is 1.26. The Hall–Kier alpha value is -1.90. The summed E-state index contributed by atoms with van der Waals surface area (Å²) in [5, 5.41) is 8.54. The second-order valence-electron chi connectivity index (χ2n) is 3.09. The highest BCUT2D eigenvalue weighted by molar-refractivity contribution is 5.41. The van der Waals surface area contributed by atoms with Crippen LogP contribution in [0.2, 0.25) is 0 Å². The van der Waals surface area contributed by atoms with Crippen LogP contribution in [0.5, 0.6) is 11.5 Å². The van der Waals surface area contributed by atoms with E-state index < -0.39 is 6.36 Å². The first-order valence-corrected chi connectivity index (χ1v) is 4.84. The summed E-state index contributed by atoms with van der Waals surface area (Å²) in [6.07, 6.45) is -4.94. The first-order chi connectivity index (χ1) is 7.96. The number of halogens is 3. The summed E-state index contributed by atoms with van der Waals surface area (Å²) >= 11 is 0. The zero-order valence-electron chi connectivity index (χ0n) is 9.04. The molecule has 17 heavy (non-hydrogen) atoms. The first kappa shape index (κ1) is 13.2. The van der Waals surface area contributed by atoms with Crippen LogP contribution in [0.1, 0.15) is 12.5 Å². The molecule has 0 N–H and O–H groups in total. The molecule has 3 nitrogen and oxygen atoms in total. The van der Waals surface area contributed by atoms with Crippen molar-refractivity contribution in [1.82, 2.24) is 0 Å². The zero-order chi connectivity index (χ0) is 12.9. The largest absolute Gasteiger partial charge is 0.573 e. The highest BCUT2D eigenvalue weighted by atomic mass is 19.4. The van der Waals surface area contributed by atoms with Crippen LogP contribution in [0.4, 0.5) is 13.2 Å². The van der Waals surface area contributed by atoms with E-state index in [4.69, 9.17) is 10.00 Å². The molecule has 0 unspecified atom stereocenters. The monoisotopic (exact) mass is 245 g/mol. The van der Waals surface area contributed by atoms with Gasteiger partial charge in [0.2, 0.25) is 0 Å². The molecule has 0 spiro atoms. The van der Waals surface area contributed by atoms with Crippen LogP contribution in [-0.2, 0) is 6.42 Å². The van der Waals surface area contributed by atoms with Crippen LogP contribution in [0.3, 0.4) is 0 Å². The number of hydrogen-bond acceptors (Lipinski definition) is 3. The van der Waals surface area contributed by atoms with Gasteiger partial charge < -0.3 is 9.47 Å². The maximum Gasteiger partial charge on any atom is 0.573 e. The molecule has 92 valence electrons. The van der Waals surface area contributed by atoms with E-state index in [0.717, 1.165) is 6.07 Å².